The summed E-state index contributed by atoms with van der Waals surface area (Å²) in [6.45, 7) is 3.25. The monoisotopic (exact) mass is 1120 g/mol. The number of ether oxygens (including phenoxy) is 1. The van der Waals surface area contributed by atoms with Crippen LogP contribution in [0, 0.1) is 0 Å². The van der Waals surface area contributed by atoms with Crippen molar-refractivity contribution in [2.75, 3.05) is 6.61 Å². The van der Waals surface area contributed by atoms with Crippen LogP contribution in [0.1, 0.15) is 73.8 Å². The van der Waals surface area contributed by atoms with Crippen LogP contribution in [0.25, 0.3) is 0 Å². The number of pyridine rings is 1. The lowest BCUT2D eigenvalue weighted by atomic mass is 9.12. The Bertz CT molecular complexity index is 2560. The quantitative estimate of drug-likeness (QED) is 0.0625. The van der Waals surface area contributed by atoms with Gasteiger partial charge in [-0.3, -0.25) is 0 Å². The van der Waals surface area contributed by atoms with Crippen LogP contribution >= 0.6 is 0 Å². The van der Waals surface area contributed by atoms with Gasteiger partial charge in [-0.25, -0.2) is 9.36 Å². The van der Waals surface area contributed by atoms with E-state index in [-0.39, 0.29) is 5.97 Å². The van der Waals surface area contributed by atoms with Crippen LogP contribution in [0.4, 0.5) is 105 Å². The Hall–Kier alpha value is -6.90. The molecule has 0 bridgehead atoms. The van der Waals surface area contributed by atoms with Gasteiger partial charge in [0.05, 0.1) is 56.7 Å². The van der Waals surface area contributed by atoms with Gasteiger partial charge in [0, 0.05) is 17.7 Å². The number of carbonyl (C=O) groups is 1. The van der Waals surface area contributed by atoms with E-state index in [9.17, 15) is 110 Å². The first-order valence-corrected chi connectivity index (χ1v) is 21.1. The zero-order chi connectivity index (χ0) is 57.4. The highest BCUT2D eigenvalue weighted by Gasteiger charge is 2.47. The van der Waals surface area contributed by atoms with Gasteiger partial charge in [0.2, 0.25) is 0 Å². The van der Waals surface area contributed by atoms with Gasteiger partial charge < -0.3 is 4.74 Å². The van der Waals surface area contributed by atoms with Crippen molar-refractivity contribution in [3.63, 3.8) is 0 Å². The lowest BCUT2D eigenvalue weighted by Crippen LogP contribution is -2.75. The van der Waals surface area contributed by atoms with E-state index in [1.165, 1.54) is 0 Å². The summed E-state index contributed by atoms with van der Waals surface area (Å²) in [6.07, 6.45) is -49.9. The molecule has 6 aromatic rings. The van der Waals surface area contributed by atoms with Crippen molar-refractivity contribution in [3.8, 4) is 0 Å². The number of hydrogen-bond donors (Lipinski definition) is 0. The molecule has 28 heteroatoms. The molecular formula is C48H30BF24NO2. The minimum absolute atomic E-state index is 0.249. The van der Waals surface area contributed by atoms with Crippen LogP contribution in [0.2, 0.25) is 0 Å². The predicted molar refractivity (Wildman–Crippen MR) is 223 cm³/mol. The fraction of sp³-hybridized carbons (Fsp3) is 0.250. The number of aromatic nitrogens is 1. The molecule has 0 unspecified atom stereocenters. The summed E-state index contributed by atoms with van der Waals surface area (Å²) in [5, 5.41) is 0. The second-order valence-corrected chi connectivity index (χ2v) is 16.6. The molecule has 3 nitrogen and oxygen atoms in total. The third kappa shape index (κ3) is 14.3. The van der Waals surface area contributed by atoms with E-state index < -0.39 is 195 Å². The van der Waals surface area contributed by atoms with Crippen molar-refractivity contribution in [1.29, 1.82) is 0 Å². The standard InChI is InChI=1S/C32H12BF24.C16H18NO2/c34-25(35,36)13-1-14(26(37,38)39)6-21(5-13)33(22-7-15(27(40,41)42)2-16(8-22)28(43,44)45,23-9-17(29(46,47)48)3-18(10-23)30(49,50)51)24-11-19(31(52,53)54)4-20(12-24)32(55,56)57;1-2-12-19-16(18)15-8-6-14(7-9-15)13-17-10-4-3-5-11-17/h1-12H;3-11H,2,12-13H2,1H3/q-1;+1. The van der Waals surface area contributed by atoms with Gasteiger partial charge in [0.15, 0.2) is 18.9 Å². The molecule has 1 heterocycles. The van der Waals surface area contributed by atoms with Crippen molar-refractivity contribution in [2.45, 2.75) is 69.3 Å². The first kappa shape index (κ1) is 60.0. The van der Waals surface area contributed by atoms with Crippen molar-refractivity contribution >= 4 is 34.0 Å². The van der Waals surface area contributed by atoms with Crippen LogP contribution in [-0.2, 0) is 60.7 Å². The first-order valence-electron chi connectivity index (χ1n) is 21.1. The summed E-state index contributed by atoms with van der Waals surface area (Å²) in [6, 6.07) is 4.73. The maximum absolute atomic E-state index is 14.2. The molecule has 410 valence electrons. The Balaban J connectivity index is 0.000000468. The lowest BCUT2D eigenvalue weighted by Gasteiger charge is -2.46. The zero-order valence-electron chi connectivity index (χ0n) is 37.7. The van der Waals surface area contributed by atoms with Crippen molar-refractivity contribution in [2.24, 2.45) is 0 Å². The van der Waals surface area contributed by atoms with E-state index in [1.54, 1.807) is 0 Å². The normalized spacial score (nSPS) is 13.3. The number of rotatable bonds is 9. The number of carbonyl (C=O) groups excluding carboxylic acids is 1. The minimum atomic E-state index is -6.13. The largest absolute Gasteiger partial charge is 0.462 e. The van der Waals surface area contributed by atoms with Crippen molar-refractivity contribution in [3.05, 3.63) is 183 Å². The smallest absolute Gasteiger partial charge is 0.416 e. The van der Waals surface area contributed by atoms with Crippen LogP contribution in [0.15, 0.2) is 128 Å². The lowest BCUT2D eigenvalue weighted by molar-refractivity contribution is -0.688. The molecule has 1 aromatic heterocycles. The van der Waals surface area contributed by atoms with Crippen molar-refractivity contribution in [1.82, 2.24) is 0 Å². The molecule has 6 rings (SSSR count). The molecule has 0 saturated heterocycles. The highest BCUT2D eigenvalue weighted by atomic mass is 19.4. The topological polar surface area (TPSA) is 30.2 Å². The Kier molecular flexibility index (Phi) is 16.8. The predicted octanol–water partition coefficient (Wildman–Crippen LogP) is 13.8. The fourth-order valence-corrected chi connectivity index (χ4v) is 7.85. The molecular weight excluding hydrogens is 1090 g/mol. The SMILES string of the molecule is CCCOC(=O)c1ccc(C[n+]2ccccc2)cc1.FC(F)(F)c1cc([B-](c2cc(C(F)(F)F)cc(C(F)(F)F)c2)(c2cc(C(F)(F)F)cc(C(F)(F)F)c2)c2cc(C(F)(F)F)cc(C(F)(F)F)c2)cc(C(F)(F)F)c1. The van der Waals surface area contributed by atoms with E-state index >= 15 is 0 Å². The van der Waals surface area contributed by atoms with E-state index in [2.05, 4.69) is 4.57 Å². The second kappa shape index (κ2) is 21.3. The van der Waals surface area contributed by atoms with Crippen LogP contribution in [0.5, 0.6) is 0 Å². The average Bonchev–Trinajstić information content (AvgIpc) is 3.29. The average molecular weight is 1120 g/mol. The zero-order valence-corrected chi connectivity index (χ0v) is 37.7. The Morgan fingerprint density at radius 3 is 0.868 bits per heavy atom. The van der Waals surface area contributed by atoms with Crippen LogP contribution in [-0.4, -0.2) is 18.7 Å². The summed E-state index contributed by atoms with van der Waals surface area (Å²) in [4.78, 5) is 11.6. The van der Waals surface area contributed by atoms with E-state index in [0.29, 0.717) is 12.2 Å². The first-order chi connectivity index (χ1) is 34.6. The number of esters is 1. The van der Waals surface area contributed by atoms with Gasteiger partial charge in [-0.15, -0.1) is 0 Å². The molecule has 5 aromatic carbocycles. The molecule has 0 radical (unpaired) electrons. The third-order valence-electron chi connectivity index (χ3n) is 11.2. The van der Waals surface area contributed by atoms with Crippen LogP contribution < -0.4 is 26.4 Å². The van der Waals surface area contributed by atoms with E-state index in [1.807, 2.05) is 61.8 Å². The summed E-state index contributed by atoms with van der Waals surface area (Å²) < 4.78 is 348. The molecule has 0 aliphatic heterocycles. The molecule has 0 aliphatic rings. The van der Waals surface area contributed by atoms with Gasteiger partial charge in [-0.2, -0.15) is 127 Å². The summed E-state index contributed by atoms with van der Waals surface area (Å²) in [7, 11) is 0. The Labute approximate surface area is 412 Å². The van der Waals surface area contributed by atoms with Crippen molar-refractivity contribution < 1.29 is 119 Å². The molecule has 0 amide bonds. The molecule has 0 saturated carbocycles. The maximum Gasteiger partial charge on any atom is 0.416 e. The molecule has 76 heavy (non-hydrogen) atoms. The fourth-order valence-electron chi connectivity index (χ4n) is 7.85. The molecule has 0 fully saturated rings. The molecule has 0 N–H and O–H groups in total. The van der Waals surface area contributed by atoms with Gasteiger partial charge >= 0.3 is 55.4 Å². The third-order valence-corrected chi connectivity index (χ3v) is 11.2. The van der Waals surface area contributed by atoms with E-state index in [0.717, 1.165) is 18.5 Å². The highest BCUT2D eigenvalue weighted by molar-refractivity contribution is 7.20. The van der Waals surface area contributed by atoms with Gasteiger partial charge in [0.25, 0.3) is 0 Å². The summed E-state index contributed by atoms with van der Waals surface area (Å²) in [5.41, 5.74) is -28.4. The van der Waals surface area contributed by atoms with Gasteiger partial charge in [-0.05, 0) is 42.8 Å². The highest BCUT2D eigenvalue weighted by Crippen LogP contribution is 2.41. The summed E-state index contributed by atoms with van der Waals surface area (Å²) in [5.74, 6) is -0.249. The van der Waals surface area contributed by atoms with Gasteiger partial charge in [0.1, 0.15) is 6.15 Å². The van der Waals surface area contributed by atoms with E-state index in [4.69, 9.17) is 4.74 Å². The Morgan fingerprint density at radius 2 is 0.645 bits per heavy atom. The number of alkyl halides is 24. The second-order valence-electron chi connectivity index (χ2n) is 16.6. The maximum atomic E-state index is 14.2. The molecule has 0 aliphatic carbocycles. The van der Waals surface area contributed by atoms with Crippen LogP contribution in [0.3, 0.4) is 0 Å². The number of benzene rings is 5. The van der Waals surface area contributed by atoms with Gasteiger partial charge in [-0.1, -0.05) is 73.7 Å². The Morgan fingerprint density at radius 1 is 0.395 bits per heavy atom. The number of halogens is 24. The molecule has 0 atom stereocenters. The number of hydrogen-bond acceptors (Lipinski definition) is 2. The summed E-state index contributed by atoms with van der Waals surface area (Å²) >= 11 is 0. The minimum Gasteiger partial charge on any atom is -0.462 e. The molecule has 0 spiro atoms. The number of nitrogens with zero attached hydrogens (tertiary/aromatic N) is 1.